The van der Waals surface area contributed by atoms with Crippen LogP contribution in [0.1, 0.15) is 24.8 Å². The van der Waals surface area contributed by atoms with Crippen molar-refractivity contribution in [2.45, 2.75) is 31.1 Å². The summed E-state index contributed by atoms with van der Waals surface area (Å²) in [4.78, 5) is 14.8. The lowest BCUT2D eigenvalue weighted by Crippen LogP contribution is -2.46. The van der Waals surface area contributed by atoms with Crippen LogP contribution in [0.3, 0.4) is 0 Å². The first-order chi connectivity index (χ1) is 12.0. The zero-order chi connectivity index (χ0) is 17.9. The Morgan fingerprint density at radius 3 is 2.65 bits per heavy atom. The summed E-state index contributed by atoms with van der Waals surface area (Å²) in [6.45, 7) is 5.41. The van der Waals surface area contributed by atoms with Crippen molar-refractivity contribution in [2.75, 3.05) is 32.7 Å². The molecule has 1 aromatic rings. The number of nitrogens with one attached hydrogen (secondary N) is 2. The first-order valence-corrected chi connectivity index (χ1v) is 10.5. The van der Waals surface area contributed by atoms with Gasteiger partial charge in [0.15, 0.2) is 0 Å². The second kappa shape index (κ2) is 9.17. The van der Waals surface area contributed by atoms with E-state index in [2.05, 4.69) is 10.0 Å². The zero-order valence-corrected chi connectivity index (χ0v) is 16.7. The van der Waals surface area contributed by atoms with Gasteiger partial charge in [0.25, 0.3) is 0 Å². The van der Waals surface area contributed by atoms with Crippen molar-refractivity contribution in [3.8, 4) is 0 Å². The first kappa shape index (κ1) is 21.2. The molecule has 1 aromatic carbocycles. The van der Waals surface area contributed by atoms with Crippen LogP contribution in [0.4, 0.5) is 0 Å². The highest BCUT2D eigenvalue weighted by molar-refractivity contribution is 7.89. The van der Waals surface area contributed by atoms with Crippen LogP contribution in [0.5, 0.6) is 0 Å². The molecule has 2 saturated heterocycles. The standard InChI is InChI=1S/C18H27N3O3S.ClH/c1-14-4-6-17(7-5-14)25(23,24)20-11-15-3-2-10-21(13-15)18(22)16-8-9-19-12-16;/h4-7,15-16,19-20H,2-3,8-13H2,1H3;1H. The van der Waals surface area contributed by atoms with Gasteiger partial charge in [0.1, 0.15) is 0 Å². The van der Waals surface area contributed by atoms with Crippen LogP contribution in [0, 0.1) is 18.8 Å². The number of hydrogen-bond acceptors (Lipinski definition) is 4. The monoisotopic (exact) mass is 401 g/mol. The summed E-state index contributed by atoms with van der Waals surface area (Å²) < 4.78 is 27.5. The number of benzene rings is 1. The quantitative estimate of drug-likeness (QED) is 0.784. The molecule has 26 heavy (non-hydrogen) atoms. The van der Waals surface area contributed by atoms with Gasteiger partial charge in [-0.05, 0) is 50.8 Å². The molecule has 2 fully saturated rings. The van der Waals surface area contributed by atoms with Crippen LogP contribution in [0.25, 0.3) is 0 Å². The molecule has 2 aliphatic heterocycles. The summed E-state index contributed by atoms with van der Waals surface area (Å²) in [5.41, 5.74) is 1.03. The summed E-state index contributed by atoms with van der Waals surface area (Å²) in [5, 5.41) is 3.23. The summed E-state index contributed by atoms with van der Waals surface area (Å²) >= 11 is 0. The maximum Gasteiger partial charge on any atom is 0.240 e. The molecule has 2 N–H and O–H groups in total. The molecule has 1 amide bonds. The minimum absolute atomic E-state index is 0. The Labute approximate surface area is 162 Å². The predicted molar refractivity (Wildman–Crippen MR) is 104 cm³/mol. The van der Waals surface area contributed by atoms with Crippen molar-refractivity contribution in [3.63, 3.8) is 0 Å². The topological polar surface area (TPSA) is 78.5 Å². The highest BCUT2D eigenvalue weighted by atomic mass is 35.5. The lowest BCUT2D eigenvalue weighted by molar-refractivity contribution is -0.136. The lowest BCUT2D eigenvalue weighted by Gasteiger charge is -2.34. The minimum atomic E-state index is -3.49. The summed E-state index contributed by atoms with van der Waals surface area (Å²) in [7, 11) is -3.49. The molecule has 0 spiro atoms. The van der Waals surface area contributed by atoms with E-state index in [1.165, 1.54) is 0 Å². The molecule has 8 heteroatoms. The Kier molecular flexibility index (Phi) is 7.46. The third-order valence-electron chi connectivity index (χ3n) is 5.13. The molecule has 2 aliphatic rings. The van der Waals surface area contributed by atoms with Gasteiger partial charge in [0, 0.05) is 26.2 Å². The summed E-state index contributed by atoms with van der Waals surface area (Å²) in [5.74, 6) is 0.478. The SMILES string of the molecule is Cc1ccc(S(=O)(=O)NCC2CCCN(C(=O)C3CCNC3)C2)cc1.Cl. The molecule has 0 radical (unpaired) electrons. The molecule has 146 valence electrons. The number of aryl methyl sites for hydroxylation is 1. The Balaban J connectivity index is 0.00000243. The number of piperidine rings is 1. The minimum Gasteiger partial charge on any atom is -0.342 e. The van der Waals surface area contributed by atoms with E-state index in [1.54, 1.807) is 24.3 Å². The molecule has 2 atom stereocenters. The molecular weight excluding hydrogens is 374 g/mol. The third kappa shape index (κ3) is 5.19. The Bertz CT molecular complexity index is 703. The smallest absolute Gasteiger partial charge is 0.240 e. The summed E-state index contributed by atoms with van der Waals surface area (Å²) in [6.07, 6.45) is 2.78. The van der Waals surface area contributed by atoms with Crippen molar-refractivity contribution in [3.05, 3.63) is 29.8 Å². The van der Waals surface area contributed by atoms with E-state index in [1.807, 2.05) is 11.8 Å². The molecule has 6 nitrogen and oxygen atoms in total. The third-order valence-corrected chi connectivity index (χ3v) is 6.57. The van der Waals surface area contributed by atoms with E-state index < -0.39 is 10.0 Å². The molecule has 0 aromatic heterocycles. The lowest BCUT2D eigenvalue weighted by atomic mass is 9.96. The van der Waals surface area contributed by atoms with E-state index in [0.717, 1.165) is 44.5 Å². The van der Waals surface area contributed by atoms with Gasteiger partial charge in [-0.3, -0.25) is 4.79 Å². The Morgan fingerprint density at radius 2 is 2.00 bits per heavy atom. The van der Waals surface area contributed by atoms with Crippen LogP contribution in [-0.2, 0) is 14.8 Å². The van der Waals surface area contributed by atoms with Crippen LogP contribution in [0.2, 0.25) is 0 Å². The highest BCUT2D eigenvalue weighted by Crippen LogP contribution is 2.21. The maximum absolute atomic E-state index is 12.5. The Hall–Kier alpha value is -1.15. The van der Waals surface area contributed by atoms with Crippen LogP contribution in [0.15, 0.2) is 29.2 Å². The van der Waals surface area contributed by atoms with E-state index >= 15 is 0 Å². The number of likely N-dealkylation sites (tertiary alicyclic amines) is 1. The van der Waals surface area contributed by atoms with Crippen molar-refractivity contribution in [1.29, 1.82) is 0 Å². The van der Waals surface area contributed by atoms with Gasteiger partial charge in [-0.1, -0.05) is 17.7 Å². The second-order valence-electron chi connectivity index (χ2n) is 7.15. The number of rotatable bonds is 5. The molecule has 3 rings (SSSR count). The van der Waals surface area contributed by atoms with Crippen LogP contribution < -0.4 is 10.0 Å². The first-order valence-electron chi connectivity index (χ1n) is 9.01. The van der Waals surface area contributed by atoms with E-state index in [-0.39, 0.29) is 30.2 Å². The van der Waals surface area contributed by atoms with Gasteiger partial charge < -0.3 is 10.2 Å². The number of nitrogens with zero attached hydrogens (tertiary/aromatic N) is 1. The average molecular weight is 402 g/mol. The van der Waals surface area contributed by atoms with Crippen LogP contribution in [-0.4, -0.2) is 51.9 Å². The molecule has 2 heterocycles. The maximum atomic E-state index is 12.5. The second-order valence-corrected chi connectivity index (χ2v) is 8.91. The zero-order valence-electron chi connectivity index (χ0n) is 15.1. The van der Waals surface area contributed by atoms with Gasteiger partial charge in [-0.25, -0.2) is 13.1 Å². The fraction of sp³-hybridized carbons (Fsp3) is 0.611. The van der Waals surface area contributed by atoms with Crippen molar-refractivity contribution >= 4 is 28.3 Å². The number of amides is 1. The molecule has 0 bridgehead atoms. The molecule has 2 unspecified atom stereocenters. The Morgan fingerprint density at radius 1 is 1.27 bits per heavy atom. The van der Waals surface area contributed by atoms with Crippen molar-refractivity contribution < 1.29 is 13.2 Å². The van der Waals surface area contributed by atoms with Gasteiger partial charge in [-0.2, -0.15) is 0 Å². The largest absolute Gasteiger partial charge is 0.342 e. The van der Waals surface area contributed by atoms with Gasteiger partial charge in [0.2, 0.25) is 15.9 Å². The number of halogens is 1. The van der Waals surface area contributed by atoms with E-state index in [9.17, 15) is 13.2 Å². The highest BCUT2D eigenvalue weighted by Gasteiger charge is 2.31. The van der Waals surface area contributed by atoms with Gasteiger partial charge in [0.05, 0.1) is 10.8 Å². The van der Waals surface area contributed by atoms with E-state index in [0.29, 0.717) is 18.0 Å². The summed E-state index contributed by atoms with van der Waals surface area (Å²) in [6, 6.07) is 6.85. The fourth-order valence-electron chi connectivity index (χ4n) is 3.58. The van der Waals surface area contributed by atoms with Gasteiger partial charge >= 0.3 is 0 Å². The van der Waals surface area contributed by atoms with Crippen molar-refractivity contribution in [1.82, 2.24) is 14.9 Å². The number of sulfonamides is 1. The van der Waals surface area contributed by atoms with E-state index in [4.69, 9.17) is 0 Å². The normalized spacial score (nSPS) is 23.5. The molecular formula is C18H28ClN3O3S. The van der Waals surface area contributed by atoms with Crippen molar-refractivity contribution in [2.24, 2.45) is 11.8 Å². The van der Waals surface area contributed by atoms with Crippen LogP contribution >= 0.6 is 12.4 Å². The number of carbonyl (C=O) groups excluding carboxylic acids is 1. The fourth-order valence-corrected chi connectivity index (χ4v) is 4.70. The molecule has 0 aliphatic carbocycles. The predicted octanol–water partition coefficient (Wildman–Crippen LogP) is 1.54. The number of carbonyl (C=O) groups is 1. The number of hydrogen-bond donors (Lipinski definition) is 2. The molecule has 0 saturated carbocycles. The van der Waals surface area contributed by atoms with Gasteiger partial charge in [-0.15, -0.1) is 12.4 Å². The average Bonchev–Trinajstić information content (AvgIpc) is 3.15.